The monoisotopic (exact) mass is 430 g/mol. The molecule has 150 valence electrons. The largest absolute Gasteiger partial charge is 0.461 e. The van der Waals surface area contributed by atoms with Crippen LogP contribution in [-0.2, 0) is 0 Å². The Morgan fingerprint density at radius 2 is 1.97 bits per heavy atom. The van der Waals surface area contributed by atoms with Gasteiger partial charge in [-0.05, 0) is 42.7 Å². The van der Waals surface area contributed by atoms with Crippen molar-refractivity contribution in [3.63, 3.8) is 0 Å². The van der Waals surface area contributed by atoms with Gasteiger partial charge in [-0.2, -0.15) is 9.67 Å². The number of rotatable bonds is 4. The molecule has 0 amide bonds. The highest BCUT2D eigenvalue weighted by molar-refractivity contribution is 8.00. The third kappa shape index (κ3) is 3.50. The Balaban J connectivity index is 1.46. The van der Waals surface area contributed by atoms with E-state index in [2.05, 4.69) is 15.0 Å². The molecular weight excluding hydrogens is 412 g/mol. The Bertz CT molecular complexity index is 1010. The van der Waals surface area contributed by atoms with Gasteiger partial charge in [0.15, 0.2) is 10.9 Å². The fraction of sp³-hybridized carbons (Fsp3) is 0.350. The van der Waals surface area contributed by atoms with E-state index in [-0.39, 0.29) is 23.3 Å². The first-order valence-corrected chi connectivity index (χ1v) is 10.8. The summed E-state index contributed by atoms with van der Waals surface area (Å²) in [5.41, 5.74) is 1.02. The summed E-state index contributed by atoms with van der Waals surface area (Å²) < 4.78 is 6.73. The van der Waals surface area contributed by atoms with Gasteiger partial charge in [0.05, 0.1) is 18.4 Å². The molecule has 29 heavy (non-hydrogen) atoms. The number of likely N-dealkylation sites (tertiary alicyclic amines) is 1. The number of carbonyl (C=O) groups excluding carboxylic acids is 1. The maximum Gasteiger partial charge on any atom is 0.264 e. The predicted molar refractivity (Wildman–Crippen MR) is 109 cm³/mol. The maximum atomic E-state index is 13.3. The van der Waals surface area contributed by atoms with E-state index < -0.39 is 0 Å². The third-order valence-corrected chi connectivity index (χ3v) is 6.83. The summed E-state index contributed by atoms with van der Waals surface area (Å²) in [4.78, 5) is 20.0. The highest BCUT2D eigenvalue weighted by Crippen LogP contribution is 2.42. The Morgan fingerprint density at radius 1 is 1.21 bits per heavy atom. The number of hydrogen-bond acceptors (Lipinski definition) is 7. The molecule has 1 N–H and O–H groups in total. The fourth-order valence-corrected chi connectivity index (χ4v) is 5.29. The van der Waals surface area contributed by atoms with Crippen LogP contribution in [0, 0.1) is 0 Å². The number of hydrogen-bond donors (Lipinski definition) is 1. The van der Waals surface area contributed by atoms with E-state index in [4.69, 9.17) is 16.0 Å². The molecule has 0 bridgehead atoms. The van der Waals surface area contributed by atoms with Crippen LogP contribution in [0.25, 0.3) is 11.6 Å². The molecule has 5 rings (SSSR count). The van der Waals surface area contributed by atoms with Crippen LogP contribution in [0.15, 0.2) is 52.2 Å². The molecule has 2 atom stereocenters. The van der Waals surface area contributed by atoms with Gasteiger partial charge in [0.1, 0.15) is 5.25 Å². The van der Waals surface area contributed by atoms with Crippen LogP contribution in [0.1, 0.15) is 29.2 Å². The maximum absolute atomic E-state index is 13.3. The standard InChI is InChI=1S/C20H19ClN4O3S/c21-13-5-3-12(4-6-13)16(24-9-7-14(26)8-10-24)17-19(27)25-20(29-17)22-18(23-25)15-2-1-11-28-15/h1-6,11,14,16-17,26H,7-10H2. The van der Waals surface area contributed by atoms with Crippen molar-refractivity contribution >= 4 is 29.3 Å². The van der Waals surface area contributed by atoms with Crippen molar-refractivity contribution in [1.29, 1.82) is 0 Å². The molecular formula is C20H19ClN4O3S. The number of benzene rings is 1. The Morgan fingerprint density at radius 3 is 2.62 bits per heavy atom. The number of fused-ring (bicyclic) bond motifs is 1. The van der Waals surface area contributed by atoms with Crippen molar-refractivity contribution in [2.75, 3.05) is 13.1 Å². The minimum absolute atomic E-state index is 0.0959. The molecule has 2 unspecified atom stereocenters. The van der Waals surface area contributed by atoms with Gasteiger partial charge in [-0.15, -0.1) is 5.10 Å². The predicted octanol–water partition coefficient (Wildman–Crippen LogP) is 3.50. The second-order valence-corrected chi connectivity index (χ2v) is 8.79. The quantitative estimate of drug-likeness (QED) is 0.678. The second kappa shape index (κ2) is 7.60. The van der Waals surface area contributed by atoms with Gasteiger partial charge in [0.2, 0.25) is 5.82 Å². The molecule has 0 radical (unpaired) electrons. The molecule has 3 aromatic rings. The van der Waals surface area contributed by atoms with Crippen LogP contribution < -0.4 is 0 Å². The first-order valence-electron chi connectivity index (χ1n) is 9.49. The van der Waals surface area contributed by atoms with Crippen molar-refractivity contribution in [2.45, 2.75) is 35.4 Å². The lowest BCUT2D eigenvalue weighted by atomic mass is 9.97. The van der Waals surface area contributed by atoms with Crippen LogP contribution in [0.3, 0.4) is 0 Å². The average Bonchev–Trinajstić information content (AvgIpc) is 3.44. The van der Waals surface area contributed by atoms with Gasteiger partial charge < -0.3 is 9.52 Å². The van der Waals surface area contributed by atoms with Crippen LogP contribution in [0.4, 0.5) is 0 Å². The van der Waals surface area contributed by atoms with Crippen LogP contribution in [0.2, 0.25) is 5.02 Å². The summed E-state index contributed by atoms with van der Waals surface area (Å²) in [6, 6.07) is 11.0. The topological polar surface area (TPSA) is 84.4 Å². The lowest BCUT2D eigenvalue weighted by Crippen LogP contribution is -2.44. The summed E-state index contributed by atoms with van der Waals surface area (Å²) >= 11 is 7.50. The lowest BCUT2D eigenvalue weighted by molar-refractivity contribution is 0.0552. The average molecular weight is 431 g/mol. The molecule has 0 spiro atoms. The SMILES string of the molecule is O=C1C(C(c2ccc(Cl)cc2)N2CCC(O)CC2)Sc2nc(-c3ccco3)nn21. The minimum atomic E-state index is -0.368. The normalized spacial score (nSPS) is 21.4. The number of carbonyl (C=O) groups is 1. The Kier molecular flexibility index (Phi) is 4.95. The summed E-state index contributed by atoms with van der Waals surface area (Å²) in [5.74, 6) is 0.853. The zero-order chi connectivity index (χ0) is 20.0. The number of piperidine rings is 1. The van der Waals surface area contributed by atoms with Crippen molar-refractivity contribution in [3.8, 4) is 11.6 Å². The van der Waals surface area contributed by atoms with Gasteiger partial charge in [0, 0.05) is 18.1 Å². The van der Waals surface area contributed by atoms with Gasteiger partial charge in [-0.3, -0.25) is 9.69 Å². The van der Waals surface area contributed by atoms with Gasteiger partial charge in [-0.1, -0.05) is 35.5 Å². The summed E-state index contributed by atoms with van der Waals surface area (Å²) in [6.45, 7) is 1.46. The van der Waals surface area contributed by atoms with E-state index in [0.717, 1.165) is 18.7 Å². The van der Waals surface area contributed by atoms with Crippen LogP contribution in [-0.4, -0.2) is 55.1 Å². The molecule has 2 aliphatic heterocycles. The fourth-order valence-electron chi connectivity index (χ4n) is 3.91. The number of thioether (sulfide) groups is 1. The molecule has 2 aromatic heterocycles. The van der Waals surface area contributed by atoms with Gasteiger partial charge in [-0.25, -0.2) is 0 Å². The van der Waals surface area contributed by atoms with E-state index in [1.165, 1.54) is 16.4 Å². The number of aromatic nitrogens is 3. The zero-order valence-corrected chi connectivity index (χ0v) is 17.0. The number of nitrogens with zero attached hydrogens (tertiary/aromatic N) is 4. The summed E-state index contributed by atoms with van der Waals surface area (Å²) in [6.07, 6.45) is 2.67. The lowest BCUT2D eigenvalue weighted by Gasteiger charge is -2.38. The molecule has 1 fully saturated rings. The Labute approximate surface area is 176 Å². The highest BCUT2D eigenvalue weighted by Gasteiger charge is 2.43. The van der Waals surface area contributed by atoms with E-state index in [1.54, 1.807) is 18.4 Å². The third-order valence-electron chi connectivity index (χ3n) is 5.39. The van der Waals surface area contributed by atoms with Crippen molar-refractivity contribution < 1.29 is 14.3 Å². The van der Waals surface area contributed by atoms with E-state index >= 15 is 0 Å². The van der Waals surface area contributed by atoms with Gasteiger partial charge >= 0.3 is 0 Å². The molecule has 2 aliphatic rings. The first kappa shape index (κ1) is 18.9. The van der Waals surface area contributed by atoms with E-state index in [1.807, 2.05) is 24.3 Å². The molecule has 1 aromatic carbocycles. The van der Waals surface area contributed by atoms with E-state index in [9.17, 15) is 9.90 Å². The van der Waals surface area contributed by atoms with Crippen LogP contribution >= 0.6 is 23.4 Å². The molecule has 4 heterocycles. The highest BCUT2D eigenvalue weighted by atomic mass is 35.5. The van der Waals surface area contributed by atoms with Crippen molar-refractivity contribution in [1.82, 2.24) is 19.7 Å². The minimum Gasteiger partial charge on any atom is -0.461 e. The van der Waals surface area contributed by atoms with Crippen molar-refractivity contribution in [3.05, 3.63) is 53.2 Å². The molecule has 9 heteroatoms. The number of aliphatic hydroxyl groups excluding tert-OH is 1. The number of aliphatic hydroxyl groups is 1. The first-order chi connectivity index (χ1) is 14.1. The van der Waals surface area contributed by atoms with Crippen LogP contribution in [0.5, 0.6) is 0 Å². The molecule has 7 nitrogen and oxygen atoms in total. The number of furan rings is 1. The summed E-state index contributed by atoms with van der Waals surface area (Å²) in [7, 11) is 0. The summed E-state index contributed by atoms with van der Waals surface area (Å²) in [5, 5.41) is 15.1. The second-order valence-electron chi connectivity index (χ2n) is 7.25. The smallest absolute Gasteiger partial charge is 0.264 e. The van der Waals surface area contributed by atoms with Crippen molar-refractivity contribution in [2.24, 2.45) is 0 Å². The molecule has 0 aliphatic carbocycles. The molecule has 0 saturated carbocycles. The number of halogens is 1. The van der Waals surface area contributed by atoms with Gasteiger partial charge in [0.25, 0.3) is 5.91 Å². The van der Waals surface area contributed by atoms with E-state index in [0.29, 0.717) is 34.6 Å². The molecule has 1 saturated heterocycles. The Hall–Kier alpha value is -2.13. The zero-order valence-electron chi connectivity index (χ0n) is 15.4.